The summed E-state index contributed by atoms with van der Waals surface area (Å²) in [6, 6.07) is 0. The number of nitrogens with one attached hydrogen (secondary N) is 2. The first-order valence-corrected chi connectivity index (χ1v) is 8.02. The summed E-state index contributed by atoms with van der Waals surface area (Å²) >= 11 is 0. The van der Waals surface area contributed by atoms with Gasteiger partial charge < -0.3 is 40.5 Å². The predicted octanol–water partition coefficient (Wildman–Crippen LogP) is -3.20. The van der Waals surface area contributed by atoms with Crippen LogP contribution in [0.25, 0.3) is 0 Å². The lowest BCUT2D eigenvalue weighted by Crippen LogP contribution is -2.82. The molecule has 0 aliphatic carbocycles. The number of aliphatic hydroxyl groups is 4. The molecule has 3 saturated heterocycles. The number of methoxy groups -OCH3 is 1. The molecule has 2 bridgehead atoms. The van der Waals surface area contributed by atoms with E-state index < -0.39 is 47.5 Å². The second-order valence-electron chi connectivity index (χ2n) is 6.44. The highest BCUT2D eigenvalue weighted by Gasteiger charge is 2.63. The maximum Gasteiger partial charge on any atom is 0.330 e. The number of fused-ring (bicyclic) bond motifs is 5. The number of esters is 1. The molecule has 11 heteroatoms. The fourth-order valence-electron chi connectivity index (χ4n) is 2.77. The molecule has 3 rings (SSSR count). The summed E-state index contributed by atoms with van der Waals surface area (Å²) in [6.45, 7) is -0.0969. The van der Waals surface area contributed by atoms with E-state index >= 15 is 0 Å². The molecule has 2 amide bonds. The van der Waals surface area contributed by atoms with Crippen molar-refractivity contribution in [2.75, 3.05) is 20.3 Å². The highest BCUT2D eigenvalue weighted by Crippen LogP contribution is 2.33. The van der Waals surface area contributed by atoms with Crippen LogP contribution in [0.1, 0.15) is 13.3 Å². The van der Waals surface area contributed by atoms with Crippen molar-refractivity contribution in [3.63, 3.8) is 0 Å². The Hall–Kier alpha value is -2.31. The monoisotopic (exact) mass is 386 g/mol. The van der Waals surface area contributed by atoms with Crippen LogP contribution in [0.2, 0.25) is 0 Å². The van der Waals surface area contributed by atoms with Crippen molar-refractivity contribution in [1.29, 1.82) is 0 Å². The van der Waals surface area contributed by atoms with Gasteiger partial charge in [-0.25, -0.2) is 4.79 Å². The van der Waals surface area contributed by atoms with Crippen LogP contribution in [-0.2, 0) is 23.9 Å². The lowest BCUT2D eigenvalue weighted by Gasteiger charge is -2.49. The van der Waals surface area contributed by atoms with Crippen molar-refractivity contribution in [3.05, 3.63) is 23.8 Å². The van der Waals surface area contributed by atoms with Crippen molar-refractivity contribution in [3.8, 4) is 0 Å². The van der Waals surface area contributed by atoms with Gasteiger partial charge >= 0.3 is 5.97 Å². The van der Waals surface area contributed by atoms with Crippen molar-refractivity contribution < 1.29 is 44.3 Å². The van der Waals surface area contributed by atoms with Crippen LogP contribution in [0, 0.1) is 0 Å². The quantitative estimate of drug-likeness (QED) is 0.210. The van der Waals surface area contributed by atoms with Gasteiger partial charge in [0.2, 0.25) is 5.72 Å². The third-order valence-electron chi connectivity index (χ3n) is 4.45. The molecule has 0 aromatic carbocycles. The Morgan fingerprint density at radius 3 is 2.67 bits per heavy atom. The van der Waals surface area contributed by atoms with E-state index in [1.807, 2.05) is 0 Å². The summed E-state index contributed by atoms with van der Waals surface area (Å²) in [5.74, 6) is -2.90. The van der Waals surface area contributed by atoms with Crippen molar-refractivity contribution in [1.82, 2.24) is 10.6 Å². The van der Waals surface area contributed by atoms with E-state index in [1.54, 1.807) is 0 Å². The number of carbonyl (C=O) groups excluding carboxylic acids is 3. The zero-order valence-corrected chi connectivity index (χ0v) is 14.8. The molecule has 3 fully saturated rings. The van der Waals surface area contributed by atoms with Crippen LogP contribution in [0.15, 0.2) is 23.8 Å². The lowest BCUT2D eigenvalue weighted by atomic mass is 9.84. The number of hydrogen-bond acceptors (Lipinski definition) is 9. The Bertz CT molecular complexity index is 702. The van der Waals surface area contributed by atoms with Gasteiger partial charge in [0.25, 0.3) is 17.5 Å². The number of ether oxygens (including phenoxy) is 2. The molecule has 4 atom stereocenters. The van der Waals surface area contributed by atoms with Gasteiger partial charge in [-0.15, -0.1) is 0 Å². The molecule has 0 radical (unpaired) electrons. The second kappa shape index (κ2) is 7.37. The molecule has 0 aromatic rings. The Labute approximate surface area is 154 Å². The molecule has 27 heavy (non-hydrogen) atoms. The van der Waals surface area contributed by atoms with Gasteiger partial charge in [-0.1, -0.05) is 12.2 Å². The fraction of sp³-hybridized carbons (Fsp3) is 0.562. The van der Waals surface area contributed by atoms with Crippen LogP contribution in [0.5, 0.6) is 0 Å². The molecule has 150 valence electrons. The highest BCUT2D eigenvalue weighted by atomic mass is 16.5. The summed E-state index contributed by atoms with van der Waals surface area (Å²) in [4.78, 5) is 36.2. The normalized spacial score (nSPS) is 33.0. The summed E-state index contributed by atoms with van der Waals surface area (Å²) in [7, 11) is 1.18. The molecular formula is C16H22N2O9. The Kier molecular flexibility index (Phi) is 5.73. The first-order chi connectivity index (χ1) is 12.5. The van der Waals surface area contributed by atoms with E-state index in [0.29, 0.717) is 0 Å². The number of carbonyl (C=O) groups is 3. The maximum atomic E-state index is 12.6. The molecular weight excluding hydrogens is 364 g/mol. The summed E-state index contributed by atoms with van der Waals surface area (Å²) in [5.41, 5.74) is -7.01. The van der Waals surface area contributed by atoms with Crippen LogP contribution in [0.4, 0.5) is 0 Å². The van der Waals surface area contributed by atoms with E-state index in [-0.39, 0.29) is 18.6 Å². The molecule has 3 heterocycles. The number of allylic oxidation sites excluding steroid dienone is 2. The topological polar surface area (TPSA) is 175 Å². The standard InChI is InChI=1S/C16H22N2O9/c1-14(24,8-19)11(21)16-13(23)17-15(25,12(22)18-16)9(6-7-27-16)4-3-5-10(20)26-2/h3-5,11,19,21,24-25H,6-8H2,1-2H3,(H,17,23)(H,18,22)/b5-3+,9-4+/t11-,14-,15-,16+/m1/s1. The number of hydrogen-bond donors (Lipinski definition) is 6. The van der Waals surface area contributed by atoms with Gasteiger partial charge in [0.15, 0.2) is 0 Å². The van der Waals surface area contributed by atoms with Gasteiger partial charge in [0, 0.05) is 6.08 Å². The largest absolute Gasteiger partial charge is 0.466 e. The lowest BCUT2D eigenvalue weighted by molar-refractivity contribution is -0.230. The molecule has 11 nitrogen and oxygen atoms in total. The number of rotatable bonds is 5. The van der Waals surface area contributed by atoms with E-state index in [2.05, 4.69) is 15.4 Å². The maximum absolute atomic E-state index is 12.6. The highest BCUT2D eigenvalue weighted by molar-refractivity contribution is 6.03. The molecule has 0 saturated carbocycles. The third-order valence-corrected chi connectivity index (χ3v) is 4.45. The average molecular weight is 386 g/mol. The number of aliphatic hydroxyl groups excluding tert-OH is 2. The van der Waals surface area contributed by atoms with Gasteiger partial charge in [-0.05, 0) is 18.9 Å². The van der Waals surface area contributed by atoms with Gasteiger partial charge in [-0.2, -0.15) is 0 Å². The Morgan fingerprint density at radius 2 is 2.07 bits per heavy atom. The summed E-state index contributed by atoms with van der Waals surface area (Å²) < 4.78 is 9.81. The average Bonchev–Trinajstić information content (AvgIpc) is 2.62. The minimum atomic E-state index is -2.45. The van der Waals surface area contributed by atoms with E-state index in [1.165, 1.54) is 19.3 Å². The summed E-state index contributed by atoms with van der Waals surface area (Å²) in [5, 5.41) is 44.6. The third kappa shape index (κ3) is 3.59. The molecule has 3 aliphatic rings. The predicted molar refractivity (Wildman–Crippen MR) is 87.5 cm³/mol. The molecule has 3 aliphatic heterocycles. The SMILES string of the molecule is COC(=O)/C=C/C=C1\CCO[C@]2([C@H](O)[C@](C)(O)CO)NC(=O)[C@@]1(O)NC2=O. The van der Waals surface area contributed by atoms with Gasteiger partial charge in [0.05, 0.1) is 20.3 Å². The Morgan fingerprint density at radius 1 is 1.41 bits per heavy atom. The van der Waals surface area contributed by atoms with Gasteiger partial charge in [-0.3, -0.25) is 9.59 Å². The zero-order valence-electron chi connectivity index (χ0n) is 14.8. The molecule has 0 aromatic heterocycles. The minimum absolute atomic E-state index is 0.0187. The summed E-state index contributed by atoms with van der Waals surface area (Å²) in [6.07, 6.45) is 1.44. The smallest absolute Gasteiger partial charge is 0.330 e. The van der Waals surface area contributed by atoms with Gasteiger partial charge in [0.1, 0.15) is 11.7 Å². The molecule has 0 unspecified atom stereocenters. The van der Waals surface area contributed by atoms with Crippen LogP contribution >= 0.6 is 0 Å². The van der Waals surface area contributed by atoms with Crippen LogP contribution < -0.4 is 10.6 Å². The molecule has 6 N–H and O–H groups in total. The van der Waals surface area contributed by atoms with Crippen molar-refractivity contribution in [2.24, 2.45) is 0 Å². The number of amides is 2. The fourth-order valence-corrected chi connectivity index (χ4v) is 2.77. The molecule has 0 spiro atoms. The Balaban J connectivity index is 2.40. The van der Waals surface area contributed by atoms with Crippen LogP contribution in [-0.4, -0.2) is 81.7 Å². The van der Waals surface area contributed by atoms with E-state index in [9.17, 15) is 34.8 Å². The van der Waals surface area contributed by atoms with Crippen molar-refractivity contribution >= 4 is 17.8 Å². The van der Waals surface area contributed by atoms with Crippen LogP contribution in [0.3, 0.4) is 0 Å². The number of piperazine rings is 1. The minimum Gasteiger partial charge on any atom is -0.466 e. The van der Waals surface area contributed by atoms with E-state index in [4.69, 9.17) is 4.74 Å². The second-order valence-corrected chi connectivity index (χ2v) is 6.44. The van der Waals surface area contributed by atoms with E-state index in [0.717, 1.165) is 13.0 Å². The first kappa shape index (κ1) is 21.0. The van der Waals surface area contributed by atoms with Crippen molar-refractivity contribution in [2.45, 2.75) is 36.5 Å². The zero-order chi connectivity index (χ0) is 20.5. The first-order valence-electron chi connectivity index (χ1n) is 8.02.